The standard InChI is InChI=1S/C33H28FN5O6S/c1-2-45-27-13-7-4-10-24(27)30-31(29-23-9-3-6-12-26(23)37-32(29)40)39(33(41)42,46(43,44)28-14-8-5-11-25(28)34)20-22(19-35)38(30)21-15-17-36-18-16-21/h3-18,22,29-31H,2,20H2,1H3,(H-,37,40,41,42). The average molecular weight is 642 g/mol. The van der Waals surface area contributed by atoms with Gasteiger partial charge in [0, 0.05) is 29.3 Å². The van der Waals surface area contributed by atoms with Gasteiger partial charge in [0.15, 0.2) is 17.0 Å². The van der Waals surface area contributed by atoms with E-state index in [2.05, 4.69) is 16.4 Å². The molecule has 3 aromatic carbocycles. The second kappa shape index (κ2) is 11.9. The fourth-order valence-corrected chi connectivity index (χ4v) is 8.74. The maximum Gasteiger partial charge on any atom is 0.336 e. The molecule has 4 aromatic rings. The molecule has 2 aliphatic rings. The third-order valence-electron chi connectivity index (χ3n) is 8.56. The van der Waals surface area contributed by atoms with Crippen LogP contribution in [0.25, 0.3) is 0 Å². The zero-order valence-corrected chi connectivity index (χ0v) is 25.3. The van der Waals surface area contributed by atoms with Gasteiger partial charge in [0.05, 0.1) is 12.7 Å². The number of carbonyl (C=O) groups excluding carboxylic acids is 2. The number of fused-ring (bicyclic) bond motifs is 1. The quantitative estimate of drug-likeness (QED) is 0.298. The number of halogens is 1. The van der Waals surface area contributed by atoms with Crippen LogP contribution >= 0.6 is 0 Å². The van der Waals surface area contributed by atoms with Crippen LogP contribution in [0.3, 0.4) is 0 Å². The molecule has 5 atom stereocenters. The summed E-state index contributed by atoms with van der Waals surface area (Å²) in [5.41, 5.74) is 1.44. The molecule has 1 N–H and O–H groups in total. The predicted molar refractivity (Wildman–Crippen MR) is 162 cm³/mol. The number of nitriles is 1. The van der Waals surface area contributed by atoms with Crippen LogP contribution in [0.1, 0.15) is 30.0 Å². The number of ether oxygens (including phenoxy) is 1. The number of anilines is 2. The molecule has 1 fully saturated rings. The number of para-hydroxylation sites is 2. The number of quaternary nitrogens is 1. The molecule has 0 saturated carbocycles. The van der Waals surface area contributed by atoms with E-state index in [4.69, 9.17) is 4.74 Å². The molecular formula is C33H28FN5O6S. The minimum absolute atomic E-state index is 0.200. The Balaban J connectivity index is 1.77. The Bertz CT molecular complexity index is 1970. The number of hydrogen-bond donors (Lipinski definition) is 1. The molecule has 0 bridgehead atoms. The number of nitrogens with zero attached hydrogens (tertiary/aromatic N) is 4. The summed E-state index contributed by atoms with van der Waals surface area (Å²) in [7, 11) is -5.29. The first-order valence-electron chi connectivity index (χ1n) is 14.5. The molecule has 5 unspecified atom stereocenters. The van der Waals surface area contributed by atoms with E-state index < -0.39 is 67.2 Å². The normalized spacial score (nSPS) is 24.0. The Morgan fingerprint density at radius 2 is 1.72 bits per heavy atom. The van der Waals surface area contributed by atoms with Gasteiger partial charge in [0.2, 0.25) is 5.91 Å². The van der Waals surface area contributed by atoms with E-state index in [9.17, 15) is 28.4 Å². The zero-order valence-electron chi connectivity index (χ0n) is 24.5. The summed E-state index contributed by atoms with van der Waals surface area (Å²) >= 11 is 0. The number of aromatic nitrogens is 1. The van der Waals surface area contributed by atoms with Crippen LogP contribution in [0.2, 0.25) is 0 Å². The third kappa shape index (κ3) is 4.65. The van der Waals surface area contributed by atoms with Crippen LogP contribution in [-0.2, 0) is 14.8 Å². The van der Waals surface area contributed by atoms with Crippen molar-refractivity contribution < 1.29 is 36.1 Å². The molecule has 2 aliphatic heterocycles. The Labute approximate surface area is 264 Å². The summed E-state index contributed by atoms with van der Waals surface area (Å²) in [5, 5.41) is 27.1. The number of pyridine rings is 1. The first kappa shape index (κ1) is 30.7. The Hall–Kier alpha value is -5.32. The van der Waals surface area contributed by atoms with Gasteiger partial charge in [-0.1, -0.05) is 48.5 Å². The van der Waals surface area contributed by atoms with Crippen LogP contribution in [0.15, 0.2) is 102 Å². The van der Waals surface area contributed by atoms with Crippen molar-refractivity contribution in [2.24, 2.45) is 0 Å². The Morgan fingerprint density at radius 1 is 1.07 bits per heavy atom. The lowest BCUT2D eigenvalue weighted by Crippen LogP contribution is -2.77. The molecule has 0 radical (unpaired) electrons. The first-order chi connectivity index (χ1) is 22.2. The highest BCUT2D eigenvalue weighted by atomic mass is 32.2. The third-order valence-corrected chi connectivity index (χ3v) is 10.8. The molecule has 3 heterocycles. The molecule has 0 aliphatic carbocycles. The number of carboxylic acid groups (broad SMARTS) is 1. The van der Waals surface area contributed by atoms with Gasteiger partial charge in [-0.05, 0) is 48.9 Å². The molecule has 0 spiro atoms. The van der Waals surface area contributed by atoms with E-state index in [1.807, 2.05) is 0 Å². The SMILES string of the molecule is CCOc1ccccc1C1C(C2C(=O)Nc3ccccc32)[N+](C(=O)[O-])(S(=O)(=O)c2ccccc2F)CC(C#N)N1c1ccncc1. The molecule has 46 heavy (non-hydrogen) atoms. The summed E-state index contributed by atoms with van der Waals surface area (Å²) in [5.74, 6) is -2.99. The van der Waals surface area contributed by atoms with Crippen molar-refractivity contribution in [3.63, 3.8) is 0 Å². The highest BCUT2D eigenvalue weighted by molar-refractivity contribution is 7.86. The summed E-state index contributed by atoms with van der Waals surface area (Å²) in [6, 6.07) is 18.4. The number of carbonyl (C=O) groups is 2. The van der Waals surface area contributed by atoms with Crippen LogP contribution in [-0.4, -0.2) is 54.5 Å². The number of rotatable bonds is 7. The number of amides is 2. The number of benzene rings is 3. The van der Waals surface area contributed by atoms with Crippen LogP contribution in [0, 0.1) is 17.1 Å². The van der Waals surface area contributed by atoms with Crippen LogP contribution < -0.4 is 20.1 Å². The number of hydrogen-bond acceptors (Lipinski definition) is 9. The van der Waals surface area contributed by atoms with Gasteiger partial charge < -0.3 is 24.9 Å². The minimum Gasteiger partial charge on any atom is -0.497 e. The van der Waals surface area contributed by atoms with Gasteiger partial charge in [0.25, 0.3) is 6.09 Å². The summed E-state index contributed by atoms with van der Waals surface area (Å²) in [6.45, 7) is 1.05. The van der Waals surface area contributed by atoms with Crippen molar-refractivity contribution in [1.29, 1.82) is 5.26 Å². The first-order valence-corrected chi connectivity index (χ1v) is 15.9. The van der Waals surface area contributed by atoms with Gasteiger partial charge in [0.1, 0.15) is 30.1 Å². The van der Waals surface area contributed by atoms with Crippen LogP contribution in [0.5, 0.6) is 5.75 Å². The van der Waals surface area contributed by atoms with E-state index in [1.165, 1.54) is 24.5 Å². The van der Waals surface area contributed by atoms with E-state index in [1.54, 1.807) is 72.5 Å². The fourth-order valence-electron chi connectivity index (χ4n) is 6.74. The minimum atomic E-state index is -5.29. The van der Waals surface area contributed by atoms with Gasteiger partial charge in [-0.3, -0.25) is 9.78 Å². The summed E-state index contributed by atoms with van der Waals surface area (Å²) < 4.78 is 49.1. The smallest absolute Gasteiger partial charge is 0.336 e. The number of nitrogens with one attached hydrogen (secondary N) is 1. The molecule has 1 aromatic heterocycles. The van der Waals surface area contributed by atoms with Crippen molar-refractivity contribution in [2.75, 3.05) is 23.4 Å². The van der Waals surface area contributed by atoms with Crippen molar-refractivity contribution in [3.8, 4) is 11.8 Å². The predicted octanol–water partition coefficient (Wildman–Crippen LogP) is 3.73. The summed E-state index contributed by atoms with van der Waals surface area (Å²) in [4.78, 5) is 32.5. The lowest BCUT2D eigenvalue weighted by atomic mass is 9.80. The van der Waals surface area contributed by atoms with Crippen molar-refractivity contribution in [1.82, 2.24) is 4.98 Å². The molecule has 1 saturated heterocycles. The van der Waals surface area contributed by atoms with E-state index in [-0.39, 0.29) is 12.4 Å². The number of sulfonamides is 1. The van der Waals surface area contributed by atoms with Gasteiger partial charge in [-0.15, -0.1) is 0 Å². The lowest BCUT2D eigenvalue weighted by Gasteiger charge is -2.55. The molecule has 6 rings (SSSR count). The van der Waals surface area contributed by atoms with Crippen molar-refractivity contribution in [2.45, 2.75) is 35.9 Å². The molecule has 2 amide bonds. The Kier molecular flexibility index (Phi) is 7.93. The van der Waals surface area contributed by atoms with Gasteiger partial charge >= 0.3 is 10.0 Å². The lowest BCUT2D eigenvalue weighted by molar-refractivity contribution is -0.793. The van der Waals surface area contributed by atoms with Crippen molar-refractivity contribution >= 4 is 33.4 Å². The maximum absolute atomic E-state index is 15.4. The fraction of sp³-hybridized carbons (Fsp3) is 0.212. The second-order valence-electron chi connectivity index (χ2n) is 10.9. The Morgan fingerprint density at radius 3 is 2.39 bits per heavy atom. The summed E-state index contributed by atoms with van der Waals surface area (Å²) in [6.07, 6.45) is 0.847. The second-order valence-corrected chi connectivity index (χ2v) is 12.9. The van der Waals surface area contributed by atoms with E-state index in [0.717, 1.165) is 12.1 Å². The average Bonchev–Trinajstić information content (AvgIpc) is 3.39. The molecular weight excluding hydrogens is 613 g/mol. The molecule has 13 heteroatoms. The van der Waals surface area contributed by atoms with E-state index >= 15 is 4.39 Å². The maximum atomic E-state index is 15.4. The monoisotopic (exact) mass is 641 g/mol. The van der Waals surface area contributed by atoms with Crippen LogP contribution in [0.4, 0.5) is 20.6 Å². The topological polar surface area (TPSA) is 153 Å². The van der Waals surface area contributed by atoms with E-state index in [0.29, 0.717) is 22.5 Å². The largest absolute Gasteiger partial charge is 0.497 e. The van der Waals surface area contributed by atoms with Crippen molar-refractivity contribution in [3.05, 3.63) is 114 Å². The molecule has 11 nitrogen and oxygen atoms in total. The highest BCUT2D eigenvalue weighted by Gasteiger charge is 2.67. The highest BCUT2D eigenvalue weighted by Crippen LogP contribution is 2.53. The zero-order chi connectivity index (χ0) is 32.6. The molecule has 234 valence electrons. The number of piperazine rings is 1. The van der Waals surface area contributed by atoms with Gasteiger partial charge in [-0.2, -0.15) is 17.6 Å². The van der Waals surface area contributed by atoms with Gasteiger partial charge in [-0.25, -0.2) is 4.39 Å².